The van der Waals surface area contributed by atoms with Gasteiger partial charge in [0.1, 0.15) is 5.15 Å². The van der Waals surface area contributed by atoms with Crippen LogP contribution in [0.1, 0.15) is 25.3 Å². The van der Waals surface area contributed by atoms with Crippen LogP contribution in [0.4, 0.5) is 14.5 Å². The number of aliphatic hydroxyl groups is 1. The number of nitrogens with zero attached hydrogens (tertiary/aromatic N) is 2. The number of alkyl halides is 2. The maximum Gasteiger partial charge on any atom is 0.265 e. The number of aromatic nitrogens is 2. The molecule has 0 fully saturated rings. The summed E-state index contributed by atoms with van der Waals surface area (Å²) in [6.45, 7) is 1.98. The summed E-state index contributed by atoms with van der Waals surface area (Å²) in [5, 5.41) is 12.5. The van der Waals surface area contributed by atoms with Crippen molar-refractivity contribution in [1.82, 2.24) is 9.97 Å². The van der Waals surface area contributed by atoms with Crippen LogP contribution in [0.25, 0.3) is 11.3 Å². The third kappa shape index (κ3) is 4.11. The predicted octanol–water partition coefficient (Wildman–Crippen LogP) is 3.92. The van der Waals surface area contributed by atoms with E-state index in [0.717, 1.165) is 6.20 Å². The first-order valence-corrected chi connectivity index (χ1v) is 7.16. The van der Waals surface area contributed by atoms with Crippen LogP contribution >= 0.6 is 11.6 Å². The lowest BCUT2D eigenvalue weighted by Crippen LogP contribution is -2.17. The Morgan fingerprint density at radius 2 is 2.05 bits per heavy atom. The molecule has 0 unspecified atom stereocenters. The quantitative estimate of drug-likeness (QED) is 0.790. The molecule has 118 valence electrons. The lowest BCUT2D eigenvalue weighted by atomic mass is 10.1. The number of aliphatic hydroxyl groups excluding tert-OH is 1. The Morgan fingerprint density at radius 1 is 1.27 bits per heavy atom. The summed E-state index contributed by atoms with van der Waals surface area (Å²) >= 11 is 5.91. The van der Waals surface area contributed by atoms with Gasteiger partial charge in [-0.15, -0.1) is 0 Å². The van der Waals surface area contributed by atoms with E-state index in [2.05, 4.69) is 15.3 Å². The first-order chi connectivity index (χ1) is 10.5. The summed E-state index contributed by atoms with van der Waals surface area (Å²) in [5.74, 6) is 0. The third-order valence-corrected chi connectivity index (χ3v) is 3.36. The van der Waals surface area contributed by atoms with Gasteiger partial charge in [0.05, 0.1) is 5.69 Å². The Labute approximate surface area is 132 Å². The van der Waals surface area contributed by atoms with E-state index in [9.17, 15) is 8.78 Å². The van der Waals surface area contributed by atoms with E-state index in [0.29, 0.717) is 28.5 Å². The van der Waals surface area contributed by atoms with Crippen LogP contribution in [0.3, 0.4) is 0 Å². The smallest absolute Gasteiger partial charge is 0.265 e. The molecule has 1 atom stereocenters. The van der Waals surface area contributed by atoms with Gasteiger partial charge in [0.2, 0.25) is 0 Å². The number of halogens is 3. The van der Waals surface area contributed by atoms with Crippen molar-refractivity contribution in [1.29, 1.82) is 0 Å². The fourth-order valence-electron chi connectivity index (χ4n) is 1.98. The van der Waals surface area contributed by atoms with E-state index in [4.69, 9.17) is 16.7 Å². The highest BCUT2D eigenvalue weighted by Gasteiger charge is 2.13. The van der Waals surface area contributed by atoms with Gasteiger partial charge in [-0.25, -0.2) is 13.8 Å². The maximum atomic E-state index is 12.6. The molecule has 0 amide bonds. The normalized spacial score (nSPS) is 12.5. The molecule has 0 aliphatic heterocycles. The van der Waals surface area contributed by atoms with Gasteiger partial charge in [-0.1, -0.05) is 11.6 Å². The Kier molecular flexibility index (Phi) is 5.63. The molecule has 22 heavy (non-hydrogen) atoms. The van der Waals surface area contributed by atoms with Crippen LogP contribution in [-0.2, 0) is 0 Å². The largest absolute Gasteiger partial charge is 0.396 e. The number of rotatable bonds is 6. The molecule has 0 radical (unpaired) electrons. The average Bonchev–Trinajstić information content (AvgIpc) is 2.48. The lowest BCUT2D eigenvalue weighted by Gasteiger charge is -2.17. The van der Waals surface area contributed by atoms with Crippen molar-refractivity contribution in [3.63, 3.8) is 0 Å². The molecule has 2 rings (SSSR count). The zero-order valence-electron chi connectivity index (χ0n) is 11.9. The molecule has 0 saturated heterocycles. The first kappa shape index (κ1) is 16.6. The predicted molar refractivity (Wildman–Crippen MR) is 82.2 cm³/mol. The number of anilines is 1. The van der Waals surface area contributed by atoms with Gasteiger partial charge < -0.3 is 10.4 Å². The topological polar surface area (TPSA) is 58.0 Å². The van der Waals surface area contributed by atoms with Gasteiger partial charge >= 0.3 is 0 Å². The standard InChI is InChI=1S/C15H16ClF2N3O/c1-9(4-5-22)21-13-6-14(16)20-8-11(13)12-3-2-10(7-19-12)15(17)18/h2-3,6-9,15,22H,4-5H2,1H3,(H,20,21)/t9-/m0/s1. The van der Waals surface area contributed by atoms with Crippen molar-refractivity contribution in [2.75, 3.05) is 11.9 Å². The highest BCUT2D eigenvalue weighted by atomic mass is 35.5. The molecule has 0 bridgehead atoms. The molecule has 7 heteroatoms. The van der Waals surface area contributed by atoms with Crippen molar-refractivity contribution in [3.8, 4) is 11.3 Å². The lowest BCUT2D eigenvalue weighted by molar-refractivity contribution is 0.151. The molecule has 2 aromatic heterocycles. The van der Waals surface area contributed by atoms with Crippen LogP contribution in [0.2, 0.25) is 5.15 Å². The van der Waals surface area contributed by atoms with Crippen LogP contribution in [0.15, 0.2) is 30.6 Å². The SMILES string of the molecule is C[C@@H](CCO)Nc1cc(Cl)ncc1-c1ccc(C(F)F)cn1. The van der Waals surface area contributed by atoms with Crippen LogP contribution < -0.4 is 5.32 Å². The molecule has 0 spiro atoms. The van der Waals surface area contributed by atoms with Gasteiger partial charge in [-0.2, -0.15) is 0 Å². The average molecular weight is 328 g/mol. The first-order valence-electron chi connectivity index (χ1n) is 6.78. The van der Waals surface area contributed by atoms with Gasteiger partial charge in [0.25, 0.3) is 6.43 Å². The minimum atomic E-state index is -2.55. The number of hydrogen-bond acceptors (Lipinski definition) is 4. The van der Waals surface area contributed by atoms with Gasteiger partial charge in [0.15, 0.2) is 0 Å². The molecule has 0 aliphatic rings. The number of nitrogens with one attached hydrogen (secondary N) is 1. The zero-order valence-corrected chi connectivity index (χ0v) is 12.7. The van der Waals surface area contributed by atoms with Crippen molar-refractivity contribution >= 4 is 17.3 Å². The van der Waals surface area contributed by atoms with Crippen molar-refractivity contribution in [3.05, 3.63) is 41.3 Å². The van der Waals surface area contributed by atoms with Crippen molar-refractivity contribution < 1.29 is 13.9 Å². The maximum absolute atomic E-state index is 12.6. The summed E-state index contributed by atoms with van der Waals surface area (Å²) in [6, 6.07) is 4.52. The monoisotopic (exact) mass is 327 g/mol. The van der Waals surface area contributed by atoms with Crippen LogP contribution in [-0.4, -0.2) is 27.7 Å². The third-order valence-electron chi connectivity index (χ3n) is 3.15. The van der Waals surface area contributed by atoms with E-state index in [1.165, 1.54) is 12.1 Å². The molecule has 2 heterocycles. The second-order valence-corrected chi connectivity index (χ2v) is 5.27. The fraction of sp³-hybridized carbons (Fsp3) is 0.333. The zero-order chi connectivity index (χ0) is 16.1. The Balaban J connectivity index is 2.33. The summed E-state index contributed by atoms with van der Waals surface area (Å²) in [5.41, 5.74) is 1.74. The fourth-order valence-corrected chi connectivity index (χ4v) is 2.14. The Morgan fingerprint density at radius 3 is 2.64 bits per heavy atom. The number of hydrogen-bond donors (Lipinski definition) is 2. The molecular formula is C15H16ClF2N3O. The van der Waals surface area contributed by atoms with Crippen LogP contribution in [0.5, 0.6) is 0 Å². The van der Waals surface area contributed by atoms with Crippen molar-refractivity contribution in [2.45, 2.75) is 25.8 Å². The molecule has 0 saturated carbocycles. The summed E-state index contributed by atoms with van der Waals surface area (Å²) in [6.07, 6.45) is 0.708. The van der Waals surface area contributed by atoms with E-state index >= 15 is 0 Å². The van der Waals surface area contributed by atoms with E-state index < -0.39 is 6.43 Å². The molecule has 4 nitrogen and oxygen atoms in total. The van der Waals surface area contributed by atoms with E-state index in [1.807, 2.05) is 6.92 Å². The highest BCUT2D eigenvalue weighted by molar-refractivity contribution is 6.29. The van der Waals surface area contributed by atoms with E-state index in [1.54, 1.807) is 12.3 Å². The summed E-state index contributed by atoms with van der Waals surface area (Å²) in [7, 11) is 0. The minimum absolute atomic E-state index is 0.0163. The van der Waals surface area contributed by atoms with Crippen LogP contribution in [0, 0.1) is 0 Å². The molecule has 0 aliphatic carbocycles. The highest BCUT2D eigenvalue weighted by Crippen LogP contribution is 2.29. The van der Waals surface area contributed by atoms with Gasteiger partial charge in [-0.3, -0.25) is 4.98 Å². The minimum Gasteiger partial charge on any atom is -0.396 e. The summed E-state index contributed by atoms with van der Waals surface area (Å²) in [4.78, 5) is 8.08. The second-order valence-electron chi connectivity index (χ2n) is 4.89. The number of pyridine rings is 2. The van der Waals surface area contributed by atoms with E-state index in [-0.39, 0.29) is 18.2 Å². The summed E-state index contributed by atoms with van der Waals surface area (Å²) < 4.78 is 25.2. The Hall–Kier alpha value is -1.79. The second kappa shape index (κ2) is 7.47. The Bertz CT molecular complexity index is 623. The van der Waals surface area contributed by atoms with Crippen molar-refractivity contribution in [2.24, 2.45) is 0 Å². The van der Waals surface area contributed by atoms with Gasteiger partial charge in [-0.05, 0) is 31.5 Å². The molecular weight excluding hydrogens is 312 g/mol. The molecule has 2 aromatic rings. The van der Waals surface area contributed by atoms with Gasteiger partial charge in [0, 0.05) is 41.9 Å². The molecule has 2 N–H and O–H groups in total. The molecule has 0 aromatic carbocycles.